The summed E-state index contributed by atoms with van der Waals surface area (Å²) < 4.78 is 0. The minimum atomic E-state index is -0.0917. The number of hydrogen-bond donors (Lipinski definition) is 2. The quantitative estimate of drug-likeness (QED) is 0.539. The number of H-pyrrole nitrogens is 1. The Morgan fingerprint density at radius 2 is 1.91 bits per heavy atom. The molecule has 0 bridgehead atoms. The molecule has 0 amide bonds. The van der Waals surface area contributed by atoms with Gasteiger partial charge in [0.2, 0.25) is 0 Å². The fourth-order valence-corrected chi connectivity index (χ4v) is 9.50. The van der Waals surface area contributed by atoms with Crippen molar-refractivity contribution in [1.29, 1.82) is 0 Å². The van der Waals surface area contributed by atoms with Crippen molar-refractivity contribution in [3.05, 3.63) is 34.6 Å². The van der Waals surface area contributed by atoms with Crippen LogP contribution in [0.3, 0.4) is 0 Å². The van der Waals surface area contributed by atoms with Crippen molar-refractivity contribution in [3.63, 3.8) is 0 Å². The lowest BCUT2D eigenvalue weighted by Crippen LogP contribution is -2.57. The van der Waals surface area contributed by atoms with E-state index in [2.05, 4.69) is 28.8 Å². The average molecular weight is 480 g/mol. The molecule has 0 aliphatic heterocycles. The summed E-state index contributed by atoms with van der Waals surface area (Å²) in [5, 5.41) is 12.0. The zero-order valence-corrected chi connectivity index (χ0v) is 20.9. The second-order valence-electron chi connectivity index (χ2n) is 12.7. The largest absolute Gasteiger partial charge is 0.393 e. The number of aryl methyl sites for hydroxylation is 1. The third kappa shape index (κ3) is 3.97. The molecule has 4 aliphatic rings. The van der Waals surface area contributed by atoms with Gasteiger partial charge in [-0.25, -0.2) is 4.98 Å². The number of aliphatic hydroxyl groups excluding tert-OH is 1. The minimum absolute atomic E-state index is 0. The first-order chi connectivity index (χ1) is 16.4. The molecule has 2 aromatic heterocycles. The lowest BCUT2D eigenvalue weighted by atomic mass is 9.44. The minimum Gasteiger partial charge on any atom is -0.393 e. The molecule has 35 heavy (non-hydrogen) atoms. The number of hydrogen-bond acceptors (Lipinski definition) is 4. The molecule has 6 rings (SSSR count). The summed E-state index contributed by atoms with van der Waals surface area (Å²) in [6.07, 6.45) is 18.0. The first-order valence-electron chi connectivity index (χ1n) is 13.9. The van der Waals surface area contributed by atoms with Gasteiger partial charge in [-0.15, -0.1) is 0 Å². The molecule has 8 unspecified atom stereocenters. The Balaban J connectivity index is 0.00000253. The van der Waals surface area contributed by atoms with Gasteiger partial charge < -0.3 is 10.1 Å². The van der Waals surface area contributed by atoms with E-state index in [1.165, 1.54) is 57.8 Å². The molecule has 4 aliphatic carbocycles. The van der Waals surface area contributed by atoms with Gasteiger partial charge in [0, 0.05) is 18.8 Å². The summed E-state index contributed by atoms with van der Waals surface area (Å²) in [6.45, 7) is 5.14. The van der Waals surface area contributed by atoms with Crippen molar-refractivity contribution in [2.45, 2.75) is 104 Å². The molecule has 0 aromatic carbocycles. The van der Waals surface area contributed by atoms with Crippen LogP contribution in [-0.2, 0) is 6.42 Å². The summed E-state index contributed by atoms with van der Waals surface area (Å²) in [5.74, 6) is 4.17. The van der Waals surface area contributed by atoms with Crippen molar-refractivity contribution in [3.8, 4) is 0 Å². The maximum Gasteiger partial charge on any atom is 0.260 e. The predicted molar refractivity (Wildman–Crippen MR) is 141 cm³/mol. The van der Waals surface area contributed by atoms with Gasteiger partial charge in [-0.3, -0.25) is 9.78 Å². The Morgan fingerprint density at radius 3 is 2.77 bits per heavy atom. The van der Waals surface area contributed by atoms with Gasteiger partial charge in [0.25, 0.3) is 5.56 Å². The van der Waals surface area contributed by atoms with Crippen LogP contribution in [-0.4, -0.2) is 26.2 Å². The maximum atomic E-state index is 12.4. The van der Waals surface area contributed by atoms with Gasteiger partial charge in [-0.05, 0) is 104 Å². The van der Waals surface area contributed by atoms with Crippen LogP contribution in [0.25, 0.3) is 10.9 Å². The van der Waals surface area contributed by atoms with E-state index in [1.807, 2.05) is 6.07 Å². The summed E-state index contributed by atoms with van der Waals surface area (Å²) in [5.41, 5.74) is 1.47. The highest BCUT2D eigenvalue weighted by atomic mass is 16.3. The molecule has 0 radical (unpaired) electrons. The second-order valence-corrected chi connectivity index (χ2v) is 12.7. The van der Waals surface area contributed by atoms with Crippen LogP contribution in [0.5, 0.6) is 0 Å². The number of aromatic nitrogens is 3. The van der Waals surface area contributed by atoms with Crippen LogP contribution in [0.4, 0.5) is 0 Å². The first-order valence-corrected chi connectivity index (χ1v) is 13.9. The van der Waals surface area contributed by atoms with E-state index < -0.39 is 0 Å². The van der Waals surface area contributed by atoms with Crippen LogP contribution in [0, 0.1) is 40.4 Å². The van der Waals surface area contributed by atoms with Crippen LogP contribution >= 0.6 is 0 Å². The van der Waals surface area contributed by atoms with Gasteiger partial charge in [0.15, 0.2) is 0 Å². The van der Waals surface area contributed by atoms with Crippen LogP contribution < -0.4 is 5.56 Å². The number of rotatable bonds is 4. The highest BCUT2D eigenvalue weighted by Gasteiger charge is 2.61. The van der Waals surface area contributed by atoms with Crippen molar-refractivity contribution in [1.82, 2.24) is 15.0 Å². The lowest BCUT2D eigenvalue weighted by Gasteiger charge is -2.62. The molecule has 2 heterocycles. The molecule has 192 valence electrons. The Bertz CT molecular complexity index is 1110. The Hall–Kier alpha value is -1.75. The van der Waals surface area contributed by atoms with E-state index in [-0.39, 0.29) is 19.1 Å². The first kappa shape index (κ1) is 24.9. The Morgan fingerprint density at radius 1 is 1.09 bits per heavy atom. The van der Waals surface area contributed by atoms with E-state index in [0.717, 1.165) is 48.4 Å². The topological polar surface area (TPSA) is 78.9 Å². The number of nitrogens with one attached hydrogen (secondary N) is 1. The molecule has 4 fully saturated rings. The molecular formula is C30H45N3O2. The Labute approximate surface area is 210 Å². The number of nitrogens with zero attached hydrogens (tertiary/aromatic N) is 2. The zero-order chi connectivity index (χ0) is 23.5. The fraction of sp³-hybridized carbons (Fsp3) is 0.767. The van der Waals surface area contributed by atoms with Crippen LogP contribution in [0.2, 0.25) is 0 Å². The molecule has 0 spiro atoms. The van der Waals surface area contributed by atoms with Crippen LogP contribution in [0.15, 0.2) is 23.3 Å². The van der Waals surface area contributed by atoms with E-state index in [1.54, 1.807) is 12.4 Å². The average Bonchev–Trinajstić information content (AvgIpc) is 3.16. The predicted octanol–water partition coefficient (Wildman–Crippen LogP) is 6.30. The summed E-state index contributed by atoms with van der Waals surface area (Å²) in [4.78, 5) is 24.1. The summed E-state index contributed by atoms with van der Waals surface area (Å²) >= 11 is 0. The SMILES string of the molecule is C.CC12CCC3C(C(O)CC4CCCCC43C)C1CCC2CCCc1nc2ccncc2c(=O)[nH]1. The highest BCUT2D eigenvalue weighted by Crippen LogP contribution is 2.67. The number of aliphatic hydroxyl groups is 1. The normalized spacial score (nSPS) is 40.4. The van der Waals surface area contributed by atoms with Crippen molar-refractivity contribution >= 4 is 10.9 Å². The van der Waals surface area contributed by atoms with Crippen molar-refractivity contribution in [2.24, 2.45) is 40.4 Å². The lowest BCUT2D eigenvalue weighted by molar-refractivity contribution is -0.162. The van der Waals surface area contributed by atoms with Crippen LogP contribution in [0.1, 0.15) is 97.7 Å². The molecular weight excluding hydrogens is 434 g/mol. The van der Waals surface area contributed by atoms with Gasteiger partial charge >= 0.3 is 0 Å². The molecule has 2 aromatic rings. The van der Waals surface area contributed by atoms with Gasteiger partial charge in [-0.1, -0.05) is 34.1 Å². The highest BCUT2D eigenvalue weighted by molar-refractivity contribution is 5.75. The van der Waals surface area contributed by atoms with E-state index in [0.29, 0.717) is 28.1 Å². The molecule has 5 nitrogen and oxygen atoms in total. The second kappa shape index (κ2) is 9.28. The van der Waals surface area contributed by atoms with Crippen molar-refractivity contribution < 1.29 is 5.11 Å². The van der Waals surface area contributed by atoms with E-state index in [9.17, 15) is 9.90 Å². The molecule has 5 heteroatoms. The smallest absolute Gasteiger partial charge is 0.260 e. The Kier molecular flexibility index (Phi) is 6.61. The third-order valence-corrected chi connectivity index (χ3v) is 11.3. The van der Waals surface area contributed by atoms with Gasteiger partial charge in [-0.2, -0.15) is 0 Å². The molecule has 4 saturated carbocycles. The summed E-state index contributed by atoms with van der Waals surface area (Å²) in [6, 6.07) is 1.82. The van der Waals surface area contributed by atoms with E-state index in [4.69, 9.17) is 0 Å². The molecule has 2 N–H and O–H groups in total. The number of pyridine rings is 1. The monoisotopic (exact) mass is 479 g/mol. The fourth-order valence-electron chi connectivity index (χ4n) is 9.50. The number of fused-ring (bicyclic) bond motifs is 6. The van der Waals surface area contributed by atoms with Gasteiger partial charge in [0.1, 0.15) is 5.82 Å². The van der Waals surface area contributed by atoms with E-state index >= 15 is 0 Å². The third-order valence-electron chi connectivity index (χ3n) is 11.3. The van der Waals surface area contributed by atoms with Crippen molar-refractivity contribution in [2.75, 3.05) is 0 Å². The summed E-state index contributed by atoms with van der Waals surface area (Å²) in [7, 11) is 0. The number of aromatic amines is 1. The van der Waals surface area contributed by atoms with Gasteiger partial charge in [0.05, 0.1) is 17.0 Å². The molecule has 0 saturated heterocycles. The molecule has 8 atom stereocenters. The zero-order valence-electron chi connectivity index (χ0n) is 20.9. The maximum absolute atomic E-state index is 12.4. The standard InChI is InChI=1S/C29H41N3O2.CH4/c1-28-13-4-3-6-19(28)16-24(33)26-21-10-9-18(29(21,2)14-11-22(26)28)7-5-8-25-31-23-12-15-30-17-20(23)27(34)32-25;/h12,15,17-19,21-22,24,26,33H,3-11,13-14,16H2,1-2H3,(H,31,32,34);1H4.